The van der Waals surface area contributed by atoms with Gasteiger partial charge in [0.05, 0.1) is 11.6 Å². The Morgan fingerprint density at radius 1 is 1.23 bits per heavy atom. The van der Waals surface area contributed by atoms with Crippen molar-refractivity contribution in [3.8, 4) is 6.07 Å². The standard InChI is InChI=1S/C17H15N3O2/c18-11-13-5-7-15(8-6-13)19-10-9-14-3-1-2-4-16(14)17(19)12-20(21)22/h1-8,17H,9-10,12H2. The molecule has 5 nitrogen and oxygen atoms in total. The number of hydrogen-bond acceptors (Lipinski definition) is 4. The lowest BCUT2D eigenvalue weighted by Crippen LogP contribution is -2.39. The van der Waals surface area contributed by atoms with E-state index in [0.717, 1.165) is 24.2 Å². The lowest BCUT2D eigenvalue weighted by Gasteiger charge is -2.37. The summed E-state index contributed by atoms with van der Waals surface area (Å²) >= 11 is 0. The van der Waals surface area contributed by atoms with Crippen LogP contribution in [0.5, 0.6) is 0 Å². The molecule has 1 aliphatic heterocycles. The molecule has 2 aromatic carbocycles. The molecule has 0 radical (unpaired) electrons. The zero-order valence-electron chi connectivity index (χ0n) is 12.0. The van der Waals surface area contributed by atoms with Crippen molar-refractivity contribution in [2.45, 2.75) is 12.5 Å². The second kappa shape index (κ2) is 5.86. The highest BCUT2D eigenvalue weighted by atomic mass is 16.6. The van der Waals surface area contributed by atoms with Gasteiger partial charge >= 0.3 is 0 Å². The molecule has 0 fully saturated rings. The van der Waals surface area contributed by atoms with Crippen LogP contribution in [0.1, 0.15) is 22.7 Å². The molecule has 5 heteroatoms. The minimum Gasteiger partial charge on any atom is -0.358 e. The van der Waals surface area contributed by atoms with Crippen molar-refractivity contribution in [3.05, 3.63) is 75.3 Å². The van der Waals surface area contributed by atoms with Crippen molar-refractivity contribution in [2.75, 3.05) is 18.0 Å². The molecule has 0 amide bonds. The number of hydrogen-bond donors (Lipinski definition) is 0. The third-order valence-electron chi connectivity index (χ3n) is 4.06. The van der Waals surface area contributed by atoms with Gasteiger partial charge in [0.25, 0.3) is 0 Å². The van der Waals surface area contributed by atoms with Gasteiger partial charge in [0.15, 0.2) is 0 Å². The van der Waals surface area contributed by atoms with Crippen LogP contribution in [-0.4, -0.2) is 18.0 Å². The van der Waals surface area contributed by atoms with Crippen molar-refractivity contribution in [3.63, 3.8) is 0 Å². The van der Waals surface area contributed by atoms with E-state index in [1.54, 1.807) is 12.1 Å². The van der Waals surface area contributed by atoms with E-state index in [2.05, 4.69) is 11.0 Å². The summed E-state index contributed by atoms with van der Waals surface area (Å²) in [7, 11) is 0. The summed E-state index contributed by atoms with van der Waals surface area (Å²) in [4.78, 5) is 12.9. The van der Waals surface area contributed by atoms with Crippen molar-refractivity contribution in [1.29, 1.82) is 5.26 Å². The fourth-order valence-electron chi connectivity index (χ4n) is 3.03. The number of fused-ring (bicyclic) bond motifs is 1. The maximum absolute atomic E-state index is 11.1. The lowest BCUT2D eigenvalue weighted by atomic mass is 9.92. The first kappa shape index (κ1) is 14.1. The lowest BCUT2D eigenvalue weighted by molar-refractivity contribution is -0.483. The van der Waals surface area contributed by atoms with Crippen LogP contribution < -0.4 is 4.90 Å². The third-order valence-corrected chi connectivity index (χ3v) is 4.06. The Balaban J connectivity index is 1.99. The minimum atomic E-state index is -0.270. The molecule has 0 aliphatic carbocycles. The Bertz CT molecular complexity index is 734. The summed E-state index contributed by atoms with van der Waals surface area (Å²) in [6.45, 7) is 0.610. The van der Waals surface area contributed by atoms with E-state index in [1.807, 2.05) is 36.4 Å². The molecule has 1 unspecified atom stereocenters. The molecule has 0 N–H and O–H groups in total. The van der Waals surface area contributed by atoms with Gasteiger partial charge in [-0.15, -0.1) is 0 Å². The zero-order chi connectivity index (χ0) is 15.5. The second-order valence-corrected chi connectivity index (χ2v) is 5.33. The van der Waals surface area contributed by atoms with Crippen LogP contribution in [-0.2, 0) is 6.42 Å². The maximum Gasteiger partial charge on any atom is 0.228 e. The fraction of sp³-hybridized carbons (Fsp3) is 0.235. The molecule has 1 atom stereocenters. The predicted octanol–water partition coefficient (Wildman–Crippen LogP) is 2.94. The number of anilines is 1. The molecule has 22 heavy (non-hydrogen) atoms. The molecule has 1 heterocycles. The fourth-order valence-corrected chi connectivity index (χ4v) is 3.03. The summed E-state index contributed by atoms with van der Waals surface area (Å²) in [5, 5.41) is 20.0. The Morgan fingerprint density at radius 2 is 1.95 bits per heavy atom. The van der Waals surface area contributed by atoms with Crippen molar-refractivity contribution >= 4 is 5.69 Å². The van der Waals surface area contributed by atoms with E-state index < -0.39 is 0 Å². The van der Waals surface area contributed by atoms with Crippen LogP contribution in [0.3, 0.4) is 0 Å². The van der Waals surface area contributed by atoms with Crippen molar-refractivity contribution in [1.82, 2.24) is 0 Å². The highest BCUT2D eigenvalue weighted by Gasteiger charge is 2.31. The number of nitrogens with zero attached hydrogens (tertiary/aromatic N) is 3. The van der Waals surface area contributed by atoms with Gasteiger partial charge in [-0.3, -0.25) is 10.1 Å². The normalized spacial score (nSPS) is 16.7. The SMILES string of the molecule is N#Cc1ccc(N2CCc3ccccc3C2C[N+](=O)[O-])cc1. The first-order valence-electron chi connectivity index (χ1n) is 7.15. The van der Waals surface area contributed by atoms with E-state index in [1.165, 1.54) is 5.56 Å². The van der Waals surface area contributed by atoms with Gasteiger partial charge in [-0.1, -0.05) is 24.3 Å². The van der Waals surface area contributed by atoms with E-state index in [9.17, 15) is 10.1 Å². The Hall–Kier alpha value is -2.87. The summed E-state index contributed by atoms with van der Waals surface area (Å²) in [5.74, 6) is 0. The summed E-state index contributed by atoms with van der Waals surface area (Å²) in [6.07, 6.45) is 0.865. The van der Waals surface area contributed by atoms with Crippen LogP contribution in [0.25, 0.3) is 0 Å². The topological polar surface area (TPSA) is 70.2 Å². The number of nitro groups is 1. The smallest absolute Gasteiger partial charge is 0.228 e. The van der Waals surface area contributed by atoms with Gasteiger partial charge in [-0.05, 0) is 41.8 Å². The van der Waals surface area contributed by atoms with Crippen molar-refractivity contribution < 1.29 is 4.92 Å². The Kier molecular flexibility index (Phi) is 3.75. The average molecular weight is 293 g/mol. The predicted molar refractivity (Wildman–Crippen MR) is 83.3 cm³/mol. The highest BCUT2D eigenvalue weighted by molar-refractivity contribution is 5.54. The van der Waals surface area contributed by atoms with Crippen LogP contribution >= 0.6 is 0 Å². The maximum atomic E-state index is 11.1. The summed E-state index contributed by atoms with van der Waals surface area (Å²) < 4.78 is 0. The van der Waals surface area contributed by atoms with Gasteiger partial charge < -0.3 is 4.90 Å². The van der Waals surface area contributed by atoms with Crippen LogP contribution in [0.2, 0.25) is 0 Å². The van der Waals surface area contributed by atoms with Gasteiger partial charge in [0.1, 0.15) is 6.04 Å². The number of benzene rings is 2. The van der Waals surface area contributed by atoms with E-state index in [0.29, 0.717) is 5.56 Å². The summed E-state index contributed by atoms with van der Waals surface area (Å²) in [6, 6.07) is 16.9. The molecular formula is C17H15N3O2. The first-order valence-corrected chi connectivity index (χ1v) is 7.15. The number of nitriles is 1. The molecule has 3 rings (SSSR count). The molecular weight excluding hydrogens is 278 g/mol. The third kappa shape index (κ3) is 2.63. The average Bonchev–Trinajstić information content (AvgIpc) is 2.55. The molecule has 110 valence electrons. The first-order chi connectivity index (χ1) is 10.7. The zero-order valence-corrected chi connectivity index (χ0v) is 12.0. The monoisotopic (exact) mass is 293 g/mol. The second-order valence-electron chi connectivity index (χ2n) is 5.33. The Labute approximate surface area is 128 Å². The van der Waals surface area contributed by atoms with E-state index in [4.69, 9.17) is 5.26 Å². The van der Waals surface area contributed by atoms with Gasteiger partial charge in [0.2, 0.25) is 6.54 Å². The molecule has 0 aromatic heterocycles. The van der Waals surface area contributed by atoms with Crippen LogP contribution in [0.15, 0.2) is 48.5 Å². The van der Waals surface area contributed by atoms with Gasteiger partial charge in [-0.25, -0.2) is 0 Å². The molecule has 2 aromatic rings. The largest absolute Gasteiger partial charge is 0.358 e. The van der Waals surface area contributed by atoms with E-state index in [-0.39, 0.29) is 17.5 Å². The van der Waals surface area contributed by atoms with Gasteiger partial charge in [-0.2, -0.15) is 5.26 Å². The van der Waals surface area contributed by atoms with Crippen LogP contribution in [0.4, 0.5) is 5.69 Å². The minimum absolute atomic E-state index is 0.128. The van der Waals surface area contributed by atoms with E-state index >= 15 is 0 Å². The quantitative estimate of drug-likeness (QED) is 0.644. The molecule has 1 aliphatic rings. The van der Waals surface area contributed by atoms with Gasteiger partial charge in [0, 0.05) is 17.2 Å². The summed E-state index contributed by atoms with van der Waals surface area (Å²) in [5.41, 5.74) is 3.71. The molecule has 0 bridgehead atoms. The van der Waals surface area contributed by atoms with Crippen LogP contribution in [0, 0.1) is 21.4 Å². The molecule has 0 saturated heterocycles. The number of rotatable bonds is 3. The van der Waals surface area contributed by atoms with Crippen molar-refractivity contribution in [2.24, 2.45) is 0 Å². The molecule has 0 saturated carbocycles. The highest BCUT2D eigenvalue weighted by Crippen LogP contribution is 2.33. The Morgan fingerprint density at radius 3 is 2.64 bits per heavy atom. The molecule has 0 spiro atoms.